The van der Waals surface area contributed by atoms with Crippen molar-refractivity contribution in [3.63, 3.8) is 0 Å². The summed E-state index contributed by atoms with van der Waals surface area (Å²) in [6.07, 6.45) is 0. The van der Waals surface area contributed by atoms with E-state index in [1.807, 2.05) is 0 Å². The number of nitrogens with one attached hydrogen (secondary N) is 1. The van der Waals surface area contributed by atoms with Gasteiger partial charge in [-0.15, -0.1) is 12.4 Å². The van der Waals surface area contributed by atoms with Crippen LogP contribution in [0.3, 0.4) is 0 Å². The van der Waals surface area contributed by atoms with Gasteiger partial charge in [-0.05, 0) is 18.2 Å². The normalized spacial score (nSPS) is 9.38. The number of ether oxygens (including phenoxy) is 1. The molecule has 6 heteroatoms. The number of anilines is 1. The quantitative estimate of drug-likeness (QED) is 0.659. The SMILES string of the molecule is COCCNC(=O)c1ccc(Br)cc1N.Cl. The van der Waals surface area contributed by atoms with Crippen LogP contribution in [0, 0.1) is 0 Å². The maximum absolute atomic E-state index is 11.6. The Balaban J connectivity index is 0.00000225. The zero-order valence-corrected chi connectivity index (χ0v) is 11.2. The monoisotopic (exact) mass is 308 g/mol. The van der Waals surface area contributed by atoms with E-state index >= 15 is 0 Å². The van der Waals surface area contributed by atoms with Gasteiger partial charge in [0.2, 0.25) is 0 Å². The number of carbonyl (C=O) groups excluding carboxylic acids is 1. The molecular weight excluding hydrogens is 295 g/mol. The number of nitrogens with two attached hydrogens (primary N) is 1. The Morgan fingerprint density at radius 1 is 1.56 bits per heavy atom. The van der Waals surface area contributed by atoms with Crippen molar-refractivity contribution >= 4 is 39.9 Å². The Morgan fingerprint density at radius 3 is 2.81 bits per heavy atom. The summed E-state index contributed by atoms with van der Waals surface area (Å²) in [5, 5.41) is 2.70. The third-order valence-corrected chi connectivity index (χ3v) is 2.34. The summed E-state index contributed by atoms with van der Waals surface area (Å²) in [7, 11) is 1.58. The number of amides is 1. The maximum Gasteiger partial charge on any atom is 0.253 e. The smallest absolute Gasteiger partial charge is 0.253 e. The number of carbonyl (C=O) groups is 1. The summed E-state index contributed by atoms with van der Waals surface area (Å²) in [5.74, 6) is -0.183. The van der Waals surface area contributed by atoms with Gasteiger partial charge in [-0.3, -0.25) is 4.79 Å². The fourth-order valence-corrected chi connectivity index (χ4v) is 1.48. The Kier molecular flexibility index (Phi) is 7.12. The molecule has 1 aromatic rings. The highest BCUT2D eigenvalue weighted by Crippen LogP contribution is 2.18. The molecule has 0 aliphatic rings. The molecule has 0 aliphatic carbocycles. The topological polar surface area (TPSA) is 64.3 Å². The van der Waals surface area contributed by atoms with Crippen molar-refractivity contribution in [3.05, 3.63) is 28.2 Å². The maximum atomic E-state index is 11.6. The molecule has 0 aliphatic heterocycles. The number of hydrogen-bond donors (Lipinski definition) is 2. The van der Waals surface area contributed by atoms with E-state index in [9.17, 15) is 4.79 Å². The molecular formula is C10H14BrClN2O2. The minimum absolute atomic E-state index is 0. The molecule has 1 rings (SSSR count). The third kappa shape index (κ3) is 4.38. The number of benzene rings is 1. The lowest BCUT2D eigenvalue weighted by molar-refractivity contribution is 0.0938. The highest BCUT2D eigenvalue weighted by Gasteiger charge is 2.08. The van der Waals surface area contributed by atoms with Crippen molar-refractivity contribution in [1.29, 1.82) is 0 Å². The van der Waals surface area contributed by atoms with E-state index in [-0.39, 0.29) is 18.3 Å². The summed E-state index contributed by atoms with van der Waals surface area (Å²) < 4.78 is 5.68. The van der Waals surface area contributed by atoms with Gasteiger partial charge in [-0.1, -0.05) is 15.9 Å². The van der Waals surface area contributed by atoms with Crippen molar-refractivity contribution in [2.75, 3.05) is 26.0 Å². The van der Waals surface area contributed by atoms with Crippen LogP contribution in [0.1, 0.15) is 10.4 Å². The standard InChI is InChI=1S/C10H13BrN2O2.ClH/c1-15-5-4-13-10(14)8-3-2-7(11)6-9(8)12;/h2-3,6H,4-5,12H2,1H3,(H,13,14);1H. The lowest BCUT2D eigenvalue weighted by atomic mass is 10.1. The van der Waals surface area contributed by atoms with E-state index in [2.05, 4.69) is 21.2 Å². The Labute approximate surface area is 109 Å². The van der Waals surface area contributed by atoms with Crippen molar-refractivity contribution < 1.29 is 9.53 Å². The molecule has 0 saturated carbocycles. The number of rotatable bonds is 4. The predicted octanol–water partition coefficient (Wildman–Crippen LogP) is 1.83. The lowest BCUT2D eigenvalue weighted by Crippen LogP contribution is -2.27. The highest BCUT2D eigenvalue weighted by molar-refractivity contribution is 9.10. The van der Waals surface area contributed by atoms with E-state index in [1.54, 1.807) is 25.3 Å². The van der Waals surface area contributed by atoms with E-state index in [0.717, 1.165) is 4.47 Å². The van der Waals surface area contributed by atoms with Gasteiger partial charge in [0, 0.05) is 23.8 Å². The molecule has 0 radical (unpaired) electrons. The molecule has 1 aromatic carbocycles. The average Bonchev–Trinajstić information content (AvgIpc) is 2.17. The minimum atomic E-state index is -0.183. The molecule has 0 fully saturated rings. The first-order valence-electron chi connectivity index (χ1n) is 4.47. The molecule has 0 heterocycles. The predicted molar refractivity (Wildman–Crippen MR) is 70.0 cm³/mol. The van der Waals surface area contributed by atoms with Gasteiger partial charge in [-0.25, -0.2) is 0 Å². The summed E-state index contributed by atoms with van der Waals surface area (Å²) >= 11 is 3.28. The molecule has 0 spiro atoms. The lowest BCUT2D eigenvalue weighted by Gasteiger charge is -2.07. The van der Waals surface area contributed by atoms with Crippen molar-refractivity contribution in [1.82, 2.24) is 5.32 Å². The van der Waals surface area contributed by atoms with Crippen LogP contribution in [0.2, 0.25) is 0 Å². The second-order valence-corrected chi connectivity index (χ2v) is 3.90. The molecule has 0 saturated heterocycles. The van der Waals surface area contributed by atoms with E-state index in [4.69, 9.17) is 10.5 Å². The Bertz CT molecular complexity index is 361. The van der Waals surface area contributed by atoms with Gasteiger partial charge in [-0.2, -0.15) is 0 Å². The first kappa shape index (κ1) is 15.2. The van der Waals surface area contributed by atoms with Crippen LogP contribution in [0.4, 0.5) is 5.69 Å². The van der Waals surface area contributed by atoms with Gasteiger partial charge in [0.1, 0.15) is 0 Å². The van der Waals surface area contributed by atoms with Crippen LogP contribution in [0.5, 0.6) is 0 Å². The summed E-state index contributed by atoms with van der Waals surface area (Å²) in [6.45, 7) is 0.965. The summed E-state index contributed by atoms with van der Waals surface area (Å²) in [5.41, 5.74) is 6.64. The van der Waals surface area contributed by atoms with Crippen LogP contribution in [0.25, 0.3) is 0 Å². The van der Waals surface area contributed by atoms with Crippen LogP contribution >= 0.6 is 28.3 Å². The van der Waals surface area contributed by atoms with Crippen molar-refractivity contribution in [2.24, 2.45) is 0 Å². The Hall–Kier alpha value is -0.780. The molecule has 4 nitrogen and oxygen atoms in total. The summed E-state index contributed by atoms with van der Waals surface area (Å²) in [6, 6.07) is 5.16. The number of methoxy groups -OCH3 is 1. The molecule has 0 atom stereocenters. The zero-order chi connectivity index (χ0) is 11.3. The van der Waals surface area contributed by atoms with E-state index in [1.165, 1.54) is 0 Å². The molecule has 1 amide bonds. The first-order valence-corrected chi connectivity index (χ1v) is 5.26. The van der Waals surface area contributed by atoms with Gasteiger partial charge >= 0.3 is 0 Å². The molecule has 3 N–H and O–H groups in total. The van der Waals surface area contributed by atoms with E-state index < -0.39 is 0 Å². The number of halogens is 2. The molecule has 16 heavy (non-hydrogen) atoms. The van der Waals surface area contributed by atoms with Crippen LogP contribution in [-0.4, -0.2) is 26.2 Å². The minimum Gasteiger partial charge on any atom is -0.398 e. The first-order chi connectivity index (χ1) is 7.15. The molecule has 0 aromatic heterocycles. The molecule has 0 unspecified atom stereocenters. The zero-order valence-electron chi connectivity index (χ0n) is 8.83. The van der Waals surface area contributed by atoms with Crippen LogP contribution in [-0.2, 0) is 4.74 Å². The van der Waals surface area contributed by atoms with Crippen LogP contribution in [0.15, 0.2) is 22.7 Å². The molecule has 0 bridgehead atoms. The molecule has 90 valence electrons. The third-order valence-electron chi connectivity index (χ3n) is 1.85. The van der Waals surface area contributed by atoms with E-state index in [0.29, 0.717) is 24.4 Å². The van der Waals surface area contributed by atoms with Crippen molar-refractivity contribution in [2.45, 2.75) is 0 Å². The highest BCUT2D eigenvalue weighted by atomic mass is 79.9. The van der Waals surface area contributed by atoms with Gasteiger partial charge in [0.15, 0.2) is 0 Å². The second-order valence-electron chi connectivity index (χ2n) is 2.98. The fraction of sp³-hybridized carbons (Fsp3) is 0.300. The summed E-state index contributed by atoms with van der Waals surface area (Å²) in [4.78, 5) is 11.6. The van der Waals surface area contributed by atoms with Gasteiger partial charge in [0.05, 0.1) is 12.2 Å². The number of nitrogen functional groups attached to an aromatic ring is 1. The fourth-order valence-electron chi connectivity index (χ4n) is 1.10. The largest absolute Gasteiger partial charge is 0.398 e. The number of hydrogen-bond acceptors (Lipinski definition) is 3. The second kappa shape index (κ2) is 7.49. The van der Waals surface area contributed by atoms with Crippen molar-refractivity contribution in [3.8, 4) is 0 Å². The average molecular weight is 310 g/mol. The van der Waals surface area contributed by atoms with Gasteiger partial charge < -0.3 is 15.8 Å². The Morgan fingerprint density at radius 2 is 2.25 bits per heavy atom. The van der Waals surface area contributed by atoms with Gasteiger partial charge in [0.25, 0.3) is 5.91 Å². The van der Waals surface area contributed by atoms with Crippen LogP contribution < -0.4 is 11.1 Å².